The van der Waals surface area contributed by atoms with Gasteiger partial charge in [0, 0.05) is 18.2 Å². The highest BCUT2D eigenvalue weighted by Crippen LogP contribution is 2.20. The Morgan fingerprint density at radius 1 is 1.12 bits per heavy atom. The summed E-state index contributed by atoms with van der Waals surface area (Å²) in [4.78, 5) is 12.0. The van der Waals surface area contributed by atoms with E-state index >= 15 is 0 Å². The summed E-state index contributed by atoms with van der Waals surface area (Å²) < 4.78 is 32.5. The molecular formula is C18H22N2O4S. The molecule has 0 saturated heterocycles. The van der Waals surface area contributed by atoms with Gasteiger partial charge in [-0.1, -0.05) is 19.4 Å². The average Bonchev–Trinajstić information content (AvgIpc) is 2.61. The van der Waals surface area contributed by atoms with Crippen LogP contribution in [0.2, 0.25) is 0 Å². The van der Waals surface area contributed by atoms with Gasteiger partial charge in [0.25, 0.3) is 15.9 Å². The Morgan fingerprint density at radius 3 is 2.48 bits per heavy atom. The Balaban J connectivity index is 2.10. The van der Waals surface area contributed by atoms with Crippen LogP contribution < -0.4 is 14.8 Å². The molecule has 1 amide bonds. The van der Waals surface area contributed by atoms with Crippen molar-refractivity contribution < 1.29 is 17.9 Å². The van der Waals surface area contributed by atoms with E-state index in [1.807, 2.05) is 6.92 Å². The van der Waals surface area contributed by atoms with E-state index in [0.29, 0.717) is 23.5 Å². The largest absolute Gasteiger partial charge is 0.497 e. The molecule has 2 aromatic rings. The maximum Gasteiger partial charge on any atom is 0.261 e. The van der Waals surface area contributed by atoms with E-state index < -0.39 is 10.0 Å². The number of carbonyl (C=O) groups excluding carboxylic acids is 1. The molecule has 2 aromatic carbocycles. The summed E-state index contributed by atoms with van der Waals surface area (Å²) >= 11 is 0. The molecule has 7 heteroatoms. The first-order valence-electron chi connectivity index (χ1n) is 8.01. The Morgan fingerprint density at radius 2 is 1.84 bits per heavy atom. The quantitative estimate of drug-likeness (QED) is 0.707. The van der Waals surface area contributed by atoms with Crippen molar-refractivity contribution in [3.05, 3.63) is 54.1 Å². The topological polar surface area (TPSA) is 84.5 Å². The van der Waals surface area contributed by atoms with Gasteiger partial charge in [-0.2, -0.15) is 0 Å². The first kappa shape index (κ1) is 18.8. The molecule has 0 unspecified atom stereocenters. The Hall–Kier alpha value is -2.54. The normalized spacial score (nSPS) is 11.0. The molecule has 0 bridgehead atoms. The van der Waals surface area contributed by atoms with Gasteiger partial charge in [-0.15, -0.1) is 0 Å². The fourth-order valence-electron chi connectivity index (χ4n) is 2.17. The Kier molecular flexibility index (Phi) is 6.41. The molecule has 0 aliphatic carbocycles. The van der Waals surface area contributed by atoms with Crippen molar-refractivity contribution in [1.29, 1.82) is 0 Å². The smallest absolute Gasteiger partial charge is 0.261 e. The minimum atomic E-state index is -3.74. The average molecular weight is 362 g/mol. The lowest BCUT2D eigenvalue weighted by atomic mass is 10.2. The summed E-state index contributed by atoms with van der Waals surface area (Å²) in [5.41, 5.74) is 0.831. The Bertz CT molecular complexity index is 817. The summed E-state index contributed by atoms with van der Waals surface area (Å²) in [7, 11) is -2.23. The fraction of sp³-hybridized carbons (Fsp3) is 0.278. The lowest BCUT2D eigenvalue weighted by Gasteiger charge is -2.10. The first-order valence-corrected chi connectivity index (χ1v) is 9.49. The van der Waals surface area contributed by atoms with Crippen molar-refractivity contribution in [3.63, 3.8) is 0 Å². The summed E-state index contributed by atoms with van der Waals surface area (Å²) in [6, 6.07) is 12.5. The number of nitrogens with one attached hydrogen (secondary N) is 2. The highest BCUT2D eigenvalue weighted by molar-refractivity contribution is 7.92. The van der Waals surface area contributed by atoms with Crippen LogP contribution in [0.1, 0.15) is 30.1 Å². The van der Waals surface area contributed by atoms with Gasteiger partial charge in [0.15, 0.2) is 0 Å². The molecule has 0 fully saturated rings. The molecule has 25 heavy (non-hydrogen) atoms. The highest BCUT2D eigenvalue weighted by atomic mass is 32.2. The standard InChI is InChI=1S/C18H22N2O4S/c1-3-4-12-19-18(21)14-8-10-17(11-9-14)25(22,23)20-15-6-5-7-16(13-15)24-2/h5-11,13,20H,3-4,12H2,1-2H3,(H,19,21). The van der Waals surface area contributed by atoms with Crippen molar-refractivity contribution in [1.82, 2.24) is 5.32 Å². The van der Waals surface area contributed by atoms with Crippen LogP contribution >= 0.6 is 0 Å². The number of carbonyl (C=O) groups is 1. The predicted molar refractivity (Wildman–Crippen MR) is 97.5 cm³/mol. The molecule has 2 N–H and O–H groups in total. The zero-order valence-corrected chi connectivity index (χ0v) is 15.1. The zero-order chi connectivity index (χ0) is 18.3. The SMILES string of the molecule is CCCCNC(=O)c1ccc(S(=O)(=O)Nc2cccc(OC)c2)cc1. The molecule has 0 heterocycles. The molecule has 0 atom stereocenters. The van der Waals surface area contributed by atoms with Crippen molar-refractivity contribution in [3.8, 4) is 5.75 Å². The third-order valence-electron chi connectivity index (χ3n) is 3.56. The summed E-state index contributed by atoms with van der Waals surface area (Å²) in [6.07, 6.45) is 1.90. The van der Waals surface area contributed by atoms with Crippen LogP contribution in [0.4, 0.5) is 5.69 Å². The van der Waals surface area contributed by atoms with Crippen LogP contribution in [0, 0.1) is 0 Å². The third-order valence-corrected chi connectivity index (χ3v) is 4.96. The second-order valence-electron chi connectivity index (χ2n) is 5.47. The lowest BCUT2D eigenvalue weighted by molar-refractivity contribution is 0.0953. The van der Waals surface area contributed by atoms with Gasteiger partial charge in [0.05, 0.1) is 17.7 Å². The van der Waals surface area contributed by atoms with E-state index in [1.165, 1.54) is 31.4 Å². The number of hydrogen-bond donors (Lipinski definition) is 2. The summed E-state index contributed by atoms with van der Waals surface area (Å²) in [5.74, 6) is 0.345. The molecule has 6 nitrogen and oxygen atoms in total. The second kappa shape index (κ2) is 8.53. The molecule has 0 aliphatic heterocycles. The molecule has 134 valence electrons. The molecule has 2 rings (SSSR count). The number of anilines is 1. The van der Waals surface area contributed by atoms with Gasteiger partial charge < -0.3 is 10.1 Å². The van der Waals surface area contributed by atoms with Gasteiger partial charge in [-0.25, -0.2) is 8.42 Å². The van der Waals surface area contributed by atoms with E-state index in [2.05, 4.69) is 10.0 Å². The number of sulfonamides is 1. The van der Waals surface area contributed by atoms with Crippen molar-refractivity contribution >= 4 is 21.6 Å². The Labute approximate surface area is 148 Å². The van der Waals surface area contributed by atoms with Crippen molar-refractivity contribution in [2.75, 3.05) is 18.4 Å². The molecule has 0 aromatic heterocycles. The van der Waals surface area contributed by atoms with Crippen LogP contribution in [0.25, 0.3) is 0 Å². The van der Waals surface area contributed by atoms with Gasteiger partial charge in [-0.3, -0.25) is 9.52 Å². The van der Waals surface area contributed by atoms with E-state index in [0.717, 1.165) is 12.8 Å². The van der Waals surface area contributed by atoms with E-state index in [1.54, 1.807) is 24.3 Å². The second-order valence-corrected chi connectivity index (χ2v) is 7.15. The molecular weight excluding hydrogens is 340 g/mol. The molecule has 0 radical (unpaired) electrons. The number of hydrogen-bond acceptors (Lipinski definition) is 4. The number of rotatable bonds is 8. The number of amides is 1. The summed E-state index contributed by atoms with van der Waals surface area (Å²) in [6.45, 7) is 2.65. The zero-order valence-electron chi connectivity index (χ0n) is 14.3. The monoisotopic (exact) mass is 362 g/mol. The number of methoxy groups -OCH3 is 1. The van der Waals surface area contributed by atoms with Gasteiger partial charge in [0.2, 0.25) is 0 Å². The van der Waals surface area contributed by atoms with E-state index in [-0.39, 0.29) is 10.8 Å². The molecule has 0 spiro atoms. The van der Waals surface area contributed by atoms with E-state index in [9.17, 15) is 13.2 Å². The van der Waals surface area contributed by atoms with Gasteiger partial charge in [0.1, 0.15) is 5.75 Å². The fourth-order valence-corrected chi connectivity index (χ4v) is 3.22. The van der Waals surface area contributed by atoms with Gasteiger partial charge >= 0.3 is 0 Å². The number of unbranched alkanes of at least 4 members (excludes halogenated alkanes) is 1. The van der Waals surface area contributed by atoms with Crippen LogP contribution in [0.5, 0.6) is 5.75 Å². The maximum absolute atomic E-state index is 12.4. The number of ether oxygens (including phenoxy) is 1. The van der Waals surface area contributed by atoms with Crippen LogP contribution in [0.3, 0.4) is 0 Å². The predicted octanol–water partition coefficient (Wildman–Crippen LogP) is 3.03. The highest BCUT2D eigenvalue weighted by Gasteiger charge is 2.15. The van der Waals surface area contributed by atoms with Crippen LogP contribution in [-0.4, -0.2) is 28.0 Å². The van der Waals surface area contributed by atoms with Gasteiger partial charge in [-0.05, 0) is 42.8 Å². The van der Waals surface area contributed by atoms with Crippen molar-refractivity contribution in [2.24, 2.45) is 0 Å². The lowest BCUT2D eigenvalue weighted by Crippen LogP contribution is -2.24. The summed E-state index contributed by atoms with van der Waals surface area (Å²) in [5, 5.41) is 2.79. The minimum absolute atomic E-state index is 0.0837. The number of benzene rings is 2. The van der Waals surface area contributed by atoms with E-state index in [4.69, 9.17) is 4.74 Å². The molecule has 0 aliphatic rings. The van der Waals surface area contributed by atoms with Crippen molar-refractivity contribution in [2.45, 2.75) is 24.7 Å². The minimum Gasteiger partial charge on any atom is -0.497 e. The first-order chi connectivity index (χ1) is 12.0. The third kappa shape index (κ3) is 5.22. The molecule has 0 saturated carbocycles. The maximum atomic E-state index is 12.4. The van der Waals surface area contributed by atoms with Crippen LogP contribution in [0.15, 0.2) is 53.4 Å². The van der Waals surface area contributed by atoms with Crippen LogP contribution in [-0.2, 0) is 10.0 Å².